The predicted molar refractivity (Wildman–Crippen MR) is 75.4 cm³/mol. The maximum absolute atomic E-state index is 11.6. The SMILES string of the molecule is Cc1ccc(OC(=O)COc2ccccc2[N+](=O)[O-])cc1. The lowest BCUT2D eigenvalue weighted by molar-refractivity contribution is -0.385. The third-order valence-electron chi connectivity index (χ3n) is 2.66. The van der Waals surface area contributed by atoms with Gasteiger partial charge in [0.15, 0.2) is 12.4 Å². The fourth-order valence-electron chi connectivity index (χ4n) is 1.63. The average Bonchev–Trinajstić information content (AvgIpc) is 2.48. The first kappa shape index (κ1) is 14.5. The molecule has 0 aliphatic rings. The largest absolute Gasteiger partial charge is 0.475 e. The van der Waals surface area contributed by atoms with E-state index in [0.29, 0.717) is 5.75 Å². The number of nitro groups is 1. The van der Waals surface area contributed by atoms with Gasteiger partial charge in [-0.25, -0.2) is 4.79 Å². The molecule has 0 radical (unpaired) electrons. The van der Waals surface area contributed by atoms with Gasteiger partial charge >= 0.3 is 11.7 Å². The summed E-state index contributed by atoms with van der Waals surface area (Å²) in [6.45, 7) is 1.52. The molecule has 2 aromatic carbocycles. The number of carbonyl (C=O) groups is 1. The molecule has 0 spiro atoms. The highest BCUT2D eigenvalue weighted by molar-refractivity contribution is 5.74. The number of benzene rings is 2. The van der Waals surface area contributed by atoms with Crippen LogP contribution in [0.5, 0.6) is 11.5 Å². The van der Waals surface area contributed by atoms with E-state index in [4.69, 9.17) is 9.47 Å². The molecular formula is C15H13NO5. The molecule has 0 atom stereocenters. The Kier molecular flexibility index (Phi) is 4.50. The van der Waals surface area contributed by atoms with Gasteiger partial charge in [0.2, 0.25) is 0 Å². The van der Waals surface area contributed by atoms with Crippen molar-refractivity contribution in [1.82, 2.24) is 0 Å². The highest BCUT2D eigenvalue weighted by Gasteiger charge is 2.15. The molecule has 0 saturated carbocycles. The van der Waals surface area contributed by atoms with Gasteiger partial charge in [-0.15, -0.1) is 0 Å². The lowest BCUT2D eigenvalue weighted by Gasteiger charge is -2.07. The zero-order valence-electron chi connectivity index (χ0n) is 11.3. The Balaban J connectivity index is 1.95. The molecule has 0 heterocycles. The van der Waals surface area contributed by atoms with Gasteiger partial charge in [-0.1, -0.05) is 29.8 Å². The Morgan fingerprint density at radius 3 is 2.48 bits per heavy atom. The lowest BCUT2D eigenvalue weighted by Crippen LogP contribution is -2.18. The molecule has 0 aliphatic heterocycles. The van der Waals surface area contributed by atoms with Crippen molar-refractivity contribution in [3.63, 3.8) is 0 Å². The first-order valence-electron chi connectivity index (χ1n) is 6.20. The van der Waals surface area contributed by atoms with Gasteiger partial charge in [-0.05, 0) is 25.1 Å². The van der Waals surface area contributed by atoms with Crippen LogP contribution < -0.4 is 9.47 Å². The van der Waals surface area contributed by atoms with Gasteiger partial charge < -0.3 is 9.47 Å². The molecular weight excluding hydrogens is 274 g/mol. The minimum Gasteiger partial charge on any atom is -0.475 e. The number of rotatable bonds is 5. The molecule has 0 saturated heterocycles. The van der Waals surface area contributed by atoms with E-state index in [1.807, 2.05) is 19.1 Å². The highest BCUT2D eigenvalue weighted by Crippen LogP contribution is 2.25. The van der Waals surface area contributed by atoms with Crippen LogP contribution in [0.1, 0.15) is 5.56 Å². The zero-order chi connectivity index (χ0) is 15.2. The summed E-state index contributed by atoms with van der Waals surface area (Å²) in [6, 6.07) is 12.8. The van der Waals surface area contributed by atoms with E-state index < -0.39 is 17.5 Å². The normalized spacial score (nSPS) is 9.95. The molecule has 0 fully saturated rings. The van der Waals surface area contributed by atoms with Crippen LogP contribution in [0.4, 0.5) is 5.69 Å². The molecule has 0 aromatic heterocycles. The molecule has 6 heteroatoms. The summed E-state index contributed by atoms with van der Waals surface area (Å²) in [5.41, 5.74) is 0.853. The Bertz CT molecular complexity index is 651. The second-order valence-electron chi connectivity index (χ2n) is 4.30. The van der Waals surface area contributed by atoms with Crippen molar-refractivity contribution < 1.29 is 19.2 Å². The quantitative estimate of drug-likeness (QED) is 0.365. The number of hydrogen-bond donors (Lipinski definition) is 0. The van der Waals surface area contributed by atoms with Crippen LogP contribution >= 0.6 is 0 Å². The molecule has 0 N–H and O–H groups in total. The van der Waals surface area contributed by atoms with Crippen LogP contribution in [0.15, 0.2) is 48.5 Å². The molecule has 0 amide bonds. The van der Waals surface area contributed by atoms with Crippen molar-refractivity contribution in [2.75, 3.05) is 6.61 Å². The van der Waals surface area contributed by atoms with Gasteiger partial charge in [0.1, 0.15) is 5.75 Å². The number of aryl methyl sites for hydroxylation is 1. The van der Waals surface area contributed by atoms with Crippen LogP contribution in [-0.2, 0) is 4.79 Å². The van der Waals surface area contributed by atoms with Gasteiger partial charge in [0.25, 0.3) is 0 Å². The van der Waals surface area contributed by atoms with Gasteiger partial charge in [-0.3, -0.25) is 10.1 Å². The smallest absolute Gasteiger partial charge is 0.349 e. The second-order valence-corrected chi connectivity index (χ2v) is 4.30. The number of para-hydroxylation sites is 2. The number of ether oxygens (including phenoxy) is 2. The number of nitrogens with zero attached hydrogens (tertiary/aromatic N) is 1. The van der Waals surface area contributed by atoms with Crippen LogP contribution in [0.2, 0.25) is 0 Å². The van der Waals surface area contributed by atoms with E-state index in [1.165, 1.54) is 18.2 Å². The van der Waals surface area contributed by atoms with E-state index in [1.54, 1.807) is 18.2 Å². The third kappa shape index (κ3) is 4.04. The fraction of sp³-hybridized carbons (Fsp3) is 0.133. The summed E-state index contributed by atoms with van der Waals surface area (Å²) < 4.78 is 10.2. The van der Waals surface area contributed by atoms with E-state index >= 15 is 0 Å². The Labute approximate surface area is 121 Å². The zero-order valence-corrected chi connectivity index (χ0v) is 11.3. The Morgan fingerprint density at radius 2 is 1.81 bits per heavy atom. The topological polar surface area (TPSA) is 78.7 Å². The van der Waals surface area contributed by atoms with Crippen molar-refractivity contribution in [2.45, 2.75) is 6.92 Å². The molecule has 0 unspecified atom stereocenters. The molecule has 0 bridgehead atoms. The van der Waals surface area contributed by atoms with E-state index in [9.17, 15) is 14.9 Å². The summed E-state index contributed by atoms with van der Waals surface area (Å²) in [7, 11) is 0. The van der Waals surface area contributed by atoms with Crippen LogP contribution in [0.25, 0.3) is 0 Å². The minimum atomic E-state index is -0.628. The van der Waals surface area contributed by atoms with Gasteiger partial charge in [-0.2, -0.15) is 0 Å². The summed E-state index contributed by atoms with van der Waals surface area (Å²) in [5.74, 6) is -0.197. The Morgan fingerprint density at radius 1 is 1.14 bits per heavy atom. The van der Waals surface area contributed by atoms with E-state index in [2.05, 4.69) is 0 Å². The lowest BCUT2D eigenvalue weighted by atomic mass is 10.2. The molecule has 0 aliphatic carbocycles. The maximum atomic E-state index is 11.6. The van der Waals surface area contributed by atoms with Crippen molar-refractivity contribution in [3.8, 4) is 11.5 Å². The number of esters is 1. The van der Waals surface area contributed by atoms with Gasteiger partial charge in [0.05, 0.1) is 4.92 Å². The molecule has 6 nitrogen and oxygen atoms in total. The molecule has 108 valence electrons. The fourth-order valence-corrected chi connectivity index (χ4v) is 1.63. The first-order valence-corrected chi connectivity index (χ1v) is 6.20. The van der Waals surface area contributed by atoms with Crippen LogP contribution in [0.3, 0.4) is 0 Å². The van der Waals surface area contributed by atoms with Crippen molar-refractivity contribution >= 4 is 11.7 Å². The second kappa shape index (κ2) is 6.51. The standard InChI is InChI=1S/C15H13NO5/c1-11-6-8-12(9-7-11)21-15(17)10-20-14-5-3-2-4-13(14)16(18)19/h2-9H,10H2,1H3. The monoisotopic (exact) mass is 287 g/mol. The van der Waals surface area contributed by atoms with Crippen molar-refractivity contribution in [1.29, 1.82) is 0 Å². The highest BCUT2D eigenvalue weighted by atomic mass is 16.6. The third-order valence-corrected chi connectivity index (χ3v) is 2.66. The van der Waals surface area contributed by atoms with Crippen molar-refractivity contribution in [2.24, 2.45) is 0 Å². The molecule has 2 aromatic rings. The Hall–Kier alpha value is -2.89. The van der Waals surface area contributed by atoms with E-state index in [0.717, 1.165) is 5.56 Å². The van der Waals surface area contributed by atoms with Crippen molar-refractivity contribution in [3.05, 3.63) is 64.2 Å². The molecule has 2 rings (SSSR count). The predicted octanol–water partition coefficient (Wildman–Crippen LogP) is 2.89. The van der Waals surface area contributed by atoms with E-state index in [-0.39, 0.29) is 11.4 Å². The number of nitro benzene ring substituents is 1. The summed E-state index contributed by atoms with van der Waals surface area (Å²) in [5, 5.41) is 10.8. The van der Waals surface area contributed by atoms with Gasteiger partial charge in [0, 0.05) is 6.07 Å². The summed E-state index contributed by atoms with van der Waals surface area (Å²) >= 11 is 0. The average molecular weight is 287 g/mol. The minimum absolute atomic E-state index is 0.0309. The summed E-state index contributed by atoms with van der Waals surface area (Å²) in [4.78, 5) is 21.9. The van der Waals surface area contributed by atoms with Crippen LogP contribution in [-0.4, -0.2) is 17.5 Å². The maximum Gasteiger partial charge on any atom is 0.349 e. The molecule has 21 heavy (non-hydrogen) atoms. The van der Waals surface area contributed by atoms with Crippen LogP contribution in [0, 0.1) is 17.0 Å². The number of carbonyl (C=O) groups excluding carboxylic acids is 1. The first-order chi connectivity index (χ1) is 10.1. The number of hydrogen-bond acceptors (Lipinski definition) is 5. The summed E-state index contributed by atoms with van der Waals surface area (Å²) in [6.07, 6.45) is 0.